The Balaban J connectivity index is 2.02. The molecule has 2 rings (SSSR count). The molecule has 0 atom stereocenters. The molecule has 2 aromatic heterocycles. The molecule has 0 aromatic carbocycles. The molecule has 10 heteroatoms. The fourth-order valence-corrected chi connectivity index (χ4v) is 12.2. The first-order valence-corrected chi connectivity index (χ1v) is 16.6. The van der Waals surface area contributed by atoms with Gasteiger partial charge in [-0.1, -0.05) is 0 Å². The van der Waals surface area contributed by atoms with Gasteiger partial charge in [0.15, 0.2) is 0 Å². The fourth-order valence-electron chi connectivity index (χ4n) is 1.74. The van der Waals surface area contributed by atoms with Crippen molar-refractivity contribution in [3.8, 4) is 0 Å². The maximum absolute atomic E-state index is 4.43. The zero-order valence-corrected chi connectivity index (χ0v) is 21.0. The van der Waals surface area contributed by atoms with E-state index in [4.69, 9.17) is 0 Å². The van der Waals surface area contributed by atoms with Gasteiger partial charge in [-0.05, 0) is 0 Å². The Kier molecular flexibility index (Phi) is 10.7. The predicted molar refractivity (Wildman–Crippen MR) is 126 cm³/mol. The van der Waals surface area contributed by atoms with E-state index in [1.165, 1.54) is 0 Å². The Labute approximate surface area is 185 Å². The molecule has 0 aliphatic rings. The summed E-state index contributed by atoms with van der Waals surface area (Å²) in [7, 11) is 0. The third-order valence-electron chi connectivity index (χ3n) is 3.17. The molecule has 6 nitrogen and oxygen atoms in total. The van der Waals surface area contributed by atoms with Gasteiger partial charge in [-0.3, -0.25) is 0 Å². The van der Waals surface area contributed by atoms with Gasteiger partial charge in [0.25, 0.3) is 0 Å². The van der Waals surface area contributed by atoms with Crippen molar-refractivity contribution in [3.05, 3.63) is 60.2 Å². The second-order valence-electron chi connectivity index (χ2n) is 5.11. The monoisotopic (exact) mass is 544 g/mol. The van der Waals surface area contributed by atoms with Crippen LogP contribution in [-0.2, 0) is 0 Å². The van der Waals surface area contributed by atoms with Gasteiger partial charge in [-0.25, -0.2) is 0 Å². The Morgan fingerprint density at radius 3 is 1.46 bits per heavy atom. The summed E-state index contributed by atoms with van der Waals surface area (Å²) in [6, 6.07) is 11.5. The van der Waals surface area contributed by atoms with E-state index < -0.39 is 0 Å². The van der Waals surface area contributed by atoms with Crippen molar-refractivity contribution in [2.75, 3.05) is 12.5 Å². The second-order valence-corrected chi connectivity index (χ2v) is 13.8. The number of aromatic nitrogens is 2. The third-order valence-corrected chi connectivity index (χ3v) is 14.9. The van der Waals surface area contributed by atoms with Crippen molar-refractivity contribution in [1.82, 2.24) is 9.97 Å². The van der Waals surface area contributed by atoms with E-state index in [0.717, 1.165) is 30.7 Å². The maximum atomic E-state index is 4.43. The summed E-state index contributed by atoms with van der Waals surface area (Å²) in [6.07, 6.45) is 7.58. The summed E-state index contributed by atoms with van der Waals surface area (Å²) in [4.78, 5) is 8.59. The van der Waals surface area contributed by atoms with Gasteiger partial charge in [0.2, 0.25) is 0 Å². The van der Waals surface area contributed by atoms with Crippen LogP contribution < -0.4 is 0 Å². The van der Waals surface area contributed by atoms with E-state index in [9.17, 15) is 0 Å². The molecule has 0 amide bonds. The standard InChI is InChI=1S/C18H20N6S2Se2/c1-13(15-9-5-7-11-19-15)21-23-17(25-3)27-28-18(26-4)24-22-14(2)16-10-6-8-12-20-16/h5-12H,1-4H3. The number of hydrogen-bond donors (Lipinski definition) is 0. The van der Waals surface area contributed by atoms with E-state index in [-0.39, 0.29) is 26.3 Å². The molecule has 0 N–H and O–H groups in total. The van der Waals surface area contributed by atoms with Crippen molar-refractivity contribution in [2.24, 2.45) is 20.4 Å². The van der Waals surface area contributed by atoms with Gasteiger partial charge in [-0.15, -0.1) is 0 Å². The molecule has 0 saturated carbocycles. The summed E-state index contributed by atoms with van der Waals surface area (Å²) in [6.45, 7) is 3.84. The molecule has 2 heterocycles. The van der Waals surface area contributed by atoms with E-state index >= 15 is 0 Å². The Morgan fingerprint density at radius 2 is 1.14 bits per heavy atom. The van der Waals surface area contributed by atoms with Crippen molar-refractivity contribution in [3.63, 3.8) is 0 Å². The Morgan fingerprint density at radius 1 is 0.714 bits per heavy atom. The van der Waals surface area contributed by atoms with E-state index in [1.807, 2.05) is 62.8 Å². The minimum atomic E-state index is 0.205. The fraction of sp³-hybridized carbons (Fsp3) is 0.222. The molecule has 0 saturated heterocycles. The van der Waals surface area contributed by atoms with Crippen molar-refractivity contribution < 1.29 is 0 Å². The summed E-state index contributed by atoms with van der Waals surface area (Å²) >= 11 is 3.68. The SMILES string of the molecule is CSC(=NN=C(C)c1ccccn1)[Se][Se]C(=NN=C(C)c1ccccn1)SC. The van der Waals surface area contributed by atoms with Crippen molar-refractivity contribution in [2.45, 2.75) is 13.8 Å². The van der Waals surface area contributed by atoms with Crippen molar-refractivity contribution in [1.29, 1.82) is 0 Å². The number of thioether (sulfide) groups is 2. The Hall–Kier alpha value is -1.28. The van der Waals surface area contributed by atoms with Gasteiger partial charge in [0.05, 0.1) is 0 Å². The van der Waals surface area contributed by atoms with Crippen LogP contribution in [0.15, 0.2) is 69.2 Å². The van der Waals surface area contributed by atoms with Crippen LogP contribution in [0.5, 0.6) is 0 Å². The molecule has 0 spiro atoms. The normalized spacial score (nSPS) is 13.7. The van der Waals surface area contributed by atoms with Crippen molar-refractivity contribution >= 4 is 69.1 Å². The number of rotatable bonds is 7. The van der Waals surface area contributed by atoms with Gasteiger partial charge < -0.3 is 0 Å². The van der Waals surface area contributed by atoms with Crippen LogP contribution in [0.2, 0.25) is 0 Å². The molecule has 0 unspecified atom stereocenters. The third kappa shape index (κ3) is 7.99. The molecular formula is C18H20N6S2Se2. The number of nitrogens with zero attached hydrogens (tertiary/aromatic N) is 6. The van der Waals surface area contributed by atoms with Crippen LogP contribution in [0, 0.1) is 0 Å². The van der Waals surface area contributed by atoms with Crippen LogP contribution in [0.3, 0.4) is 0 Å². The second kappa shape index (κ2) is 13.0. The van der Waals surface area contributed by atoms with Crippen LogP contribution in [0.25, 0.3) is 0 Å². The van der Waals surface area contributed by atoms with E-state index in [0.29, 0.717) is 0 Å². The predicted octanol–water partition coefficient (Wildman–Crippen LogP) is 3.39. The van der Waals surface area contributed by atoms with Gasteiger partial charge in [0, 0.05) is 0 Å². The first-order chi connectivity index (χ1) is 13.6. The molecule has 0 bridgehead atoms. The first-order valence-electron chi connectivity index (χ1n) is 8.14. The molecule has 0 aliphatic heterocycles. The molecule has 0 fully saturated rings. The molecule has 2 aromatic rings. The summed E-state index contributed by atoms with van der Waals surface area (Å²) < 4.78 is 2.07. The van der Waals surface area contributed by atoms with Gasteiger partial charge in [0.1, 0.15) is 0 Å². The van der Waals surface area contributed by atoms with Crippen LogP contribution in [0.1, 0.15) is 25.2 Å². The summed E-state index contributed by atoms with van der Waals surface area (Å²) in [5, 5.41) is 17.6. The zero-order chi connectivity index (χ0) is 20.2. The quantitative estimate of drug-likeness (QED) is 0.233. The zero-order valence-electron chi connectivity index (χ0n) is 15.9. The first kappa shape index (κ1) is 23.0. The molecule has 28 heavy (non-hydrogen) atoms. The van der Waals surface area contributed by atoms with Crippen LogP contribution in [0.4, 0.5) is 0 Å². The van der Waals surface area contributed by atoms with Gasteiger partial charge in [-0.2, -0.15) is 0 Å². The van der Waals surface area contributed by atoms with Crippen LogP contribution >= 0.6 is 23.5 Å². The summed E-state index contributed by atoms with van der Waals surface area (Å²) in [5.41, 5.74) is 3.31. The van der Waals surface area contributed by atoms with Gasteiger partial charge >= 0.3 is 186 Å². The van der Waals surface area contributed by atoms with E-state index in [2.05, 4.69) is 30.4 Å². The topological polar surface area (TPSA) is 75.2 Å². The number of pyridine rings is 2. The minimum absolute atomic E-state index is 0.205. The number of hydrogen-bond acceptors (Lipinski definition) is 8. The molecule has 0 aliphatic carbocycles. The van der Waals surface area contributed by atoms with E-state index in [1.54, 1.807) is 35.9 Å². The average molecular weight is 542 g/mol. The summed E-state index contributed by atoms with van der Waals surface area (Å²) in [5.74, 6) is 0. The molecule has 0 radical (unpaired) electrons. The average Bonchev–Trinajstić information content (AvgIpc) is 2.76. The molecular weight excluding hydrogens is 522 g/mol. The molecule has 146 valence electrons. The Bertz CT molecular complexity index is 797. The van der Waals surface area contributed by atoms with Crippen LogP contribution in [-0.4, -0.2) is 68.0 Å².